The normalized spacial score (nSPS) is 10.4. The second-order valence-electron chi connectivity index (χ2n) is 4.86. The van der Waals surface area contributed by atoms with Crippen molar-refractivity contribution < 1.29 is 9.90 Å². The van der Waals surface area contributed by atoms with Crippen molar-refractivity contribution >= 4 is 28.5 Å². The van der Waals surface area contributed by atoms with Crippen LogP contribution in [0.25, 0.3) is 22.4 Å². The van der Waals surface area contributed by atoms with E-state index >= 15 is 0 Å². The largest absolute Gasteiger partial charge is 0.481 e. The molecule has 0 aliphatic carbocycles. The standard InChI is InChI=1S/C13H14ClN5.C2H4O2/c1-18-10-4-2-3-9(14)11(10)12(17-18)13-16-6-8-19(13)7-5-15;1-2(3)4/h2-4,6,8H,5,7,15H2,1H3;1H3,(H,3,4). The van der Waals surface area contributed by atoms with E-state index in [4.69, 9.17) is 27.2 Å². The Morgan fingerprint density at radius 2 is 2.13 bits per heavy atom. The lowest BCUT2D eigenvalue weighted by Crippen LogP contribution is -2.10. The molecule has 0 radical (unpaired) electrons. The second-order valence-corrected chi connectivity index (χ2v) is 5.27. The molecule has 0 fully saturated rings. The number of hydrogen-bond acceptors (Lipinski definition) is 4. The van der Waals surface area contributed by atoms with Gasteiger partial charge in [-0.15, -0.1) is 0 Å². The van der Waals surface area contributed by atoms with Gasteiger partial charge in [-0.3, -0.25) is 9.48 Å². The molecule has 3 N–H and O–H groups in total. The first-order valence-corrected chi connectivity index (χ1v) is 7.35. The van der Waals surface area contributed by atoms with E-state index in [9.17, 15) is 0 Å². The van der Waals surface area contributed by atoms with Crippen LogP contribution in [0.3, 0.4) is 0 Å². The average molecular weight is 336 g/mol. The quantitative estimate of drug-likeness (QED) is 0.764. The number of aromatic nitrogens is 4. The highest BCUT2D eigenvalue weighted by Gasteiger charge is 2.17. The lowest BCUT2D eigenvalue weighted by Gasteiger charge is -2.04. The topological polar surface area (TPSA) is 99.0 Å². The number of carbonyl (C=O) groups is 1. The van der Waals surface area contributed by atoms with Gasteiger partial charge in [0.25, 0.3) is 5.97 Å². The number of fused-ring (bicyclic) bond motifs is 1. The molecule has 0 aliphatic rings. The Morgan fingerprint density at radius 1 is 1.43 bits per heavy atom. The first kappa shape index (κ1) is 17.0. The molecule has 0 saturated heterocycles. The zero-order valence-electron chi connectivity index (χ0n) is 12.9. The van der Waals surface area contributed by atoms with Crippen LogP contribution in [0.5, 0.6) is 0 Å². The molecule has 2 aromatic heterocycles. The molecular formula is C15H18ClN5O2. The van der Waals surface area contributed by atoms with E-state index in [2.05, 4.69) is 10.1 Å². The van der Waals surface area contributed by atoms with Gasteiger partial charge >= 0.3 is 0 Å². The summed E-state index contributed by atoms with van der Waals surface area (Å²) in [5.74, 6) is -0.0378. The zero-order valence-corrected chi connectivity index (χ0v) is 13.7. The van der Waals surface area contributed by atoms with Crippen molar-refractivity contribution in [2.24, 2.45) is 12.8 Å². The molecule has 1 aromatic carbocycles. The van der Waals surface area contributed by atoms with Gasteiger partial charge in [-0.05, 0) is 12.1 Å². The Morgan fingerprint density at radius 3 is 2.78 bits per heavy atom. The third-order valence-electron chi connectivity index (χ3n) is 3.12. The SMILES string of the molecule is CC(=O)O.Cn1nc(-c2nccn2CCN)c2c(Cl)cccc21. The predicted molar refractivity (Wildman–Crippen MR) is 89.3 cm³/mol. The summed E-state index contributed by atoms with van der Waals surface area (Å²) in [5, 5.41) is 13.6. The molecule has 3 aromatic rings. The molecule has 0 amide bonds. The molecule has 3 rings (SSSR count). The van der Waals surface area contributed by atoms with Crippen molar-refractivity contribution in [1.82, 2.24) is 19.3 Å². The number of benzene rings is 1. The van der Waals surface area contributed by atoms with Gasteiger partial charge in [0.1, 0.15) is 5.69 Å². The Balaban J connectivity index is 0.000000433. The van der Waals surface area contributed by atoms with E-state index in [0.717, 1.165) is 29.3 Å². The molecule has 0 aliphatic heterocycles. The number of nitrogens with zero attached hydrogens (tertiary/aromatic N) is 4. The van der Waals surface area contributed by atoms with Gasteiger partial charge in [0.15, 0.2) is 5.82 Å². The third-order valence-corrected chi connectivity index (χ3v) is 3.44. The number of rotatable bonds is 3. The molecule has 0 atom stereocenters. The minimum absolute atomic E-state index is 0.557. The summed E-state index contributed by atoms with van der Waals surface area (Å²) in [6.07, 6.45) is 3.65. The summed E-state index contributed by atoms with van der Waals surface area (Å²) in [4.78, 5) is 13.4. The van der Waals surface area contributed by atoms with Crippen LogP contribution in [0.15, 0.2) is 30.6 Å². The number of nitrogens with two attached hydrogens (primary N) is 1. The Kier molecular flexibility index (Phi) is 5.36. The first-order chi connectivity index (χ1) is 11.0. The fourth-order valence-electron chi connectivity index (χ4n) is 2.27. The van der Waals surface area contributed by atoms with Crippen LogP contribution in [0.4, 0.5) is 0 Å². The minimum atomic E-state index is -0.833. The van der Waals surface area contributed by atoms with Crippen molar-refractivity contribution in [3.8, 4) is 11.5 Å². The van der Waals surface area contributed by atoms with Crippen LogP contribution < -0.4 is 5.73 Å². The monoisotopic (exact) mass is 335 g/mol. The molecule has 122 valence electrons. The van der Waals surface area contributed by atoms with Crippen LogP contribution in [0, 0.1) is 0 Å². The molecule has 0 bridgehead atoms. The Hall–Kier alpha value is -2.38. The number of imidazole rings is 1. The highest BCUT2D eigenvalue weighted by atomic mass is 35.5. The van der Waals surface area contributed by atoms with Crippen LogP contribution in [0.1, 0.15) is 6.92 Å². The van der Waals surface area contributed by atoms with E-state index in [1.807, 2.05) is 40.7 Å². The fraction of sp³-hybridized carbons (Fsp3) is 0.267. The number of aryl methyl sites for hydroxylation is 1. The third kappa shape index (κ3) is 3.69. The number of aliphatic carboxylic acids is 1. The maximum Gasteiger partial charge on any atom is 0.300 e. The fourth-order valence-corrected chi connectivity index (χ4v) is 2.53. The van der Waals surface area contributed by atoms with Gasteiger partial charge in [-0.1, -0.05) is 17.7 Å². The highest BCUT2D eigenvalue weighted by Crippen LogP contribution is 2.32. The van der Waals surface area contributed by atoms with E-state index in [1.54, 1.807) is 6.20 Å². The summed E-state index contributed by atoms with van der Waals surface area (Å²) in [6, 6.07) is 5.78. The van der Waals surface area contributed by atoms with Gasteiger partial charge in [0.05, 0.1) is 10.5 Å². The van der Waals surface area contributed by atoms with E-state index in [0.29, 0.717) is 18.1 Å². The summed E-state index contributed by atoms with van der Waals surface area (Å²) in [7, 11) is 1.90. The summed E-state index contributed by atoms with van der Waals surface area (Å²) >= 11 is 6.31. The molecule has 2 heterocycles. The second kappa shape index (κ2) is 7.26. The highest BCUT2D eigenvalue weighted by molar-refractivity contribution is 6.36. The number of hydrogen-bond donors (Lipinski definition) is 2. The number of halogens is 1. The van der Waals surface area contributed by atoms with E-state index < -0.39 is 5.97 Å². The van der Waals surface area contributed by atoms with Gasteiger partial charge < -0.3 is 15.4 Å². The van der Waals surface area contributed by atoms with Crippen LogP contribution >= 0.6 is 11.6 Å². The molecule has 0 spiro atoms. The minimum Gasteiger partial charge on any atom is -0.481 e. The van der Waals surface area contributed by atoms with Crippen molar-refractivity contribution in [1.29, 1.82) is 0 Å². The molecule has 23 heavy (non-hydrogen) atoms. The maximum atomic E-state index is 9.00. The summed E-state index contributed by atoms with van der Waals surface area (Å²) in [6.45, 7) is 2.35. The number of carboxylic acids is 1. The lowest BCUT2D eigenvalue weighted by atomic mass is 10.2. The zero-order chi connectivity index (χ0) is 17.0. The molecule has 7 nitrogen and oxygen atoms in total. The van der Waals surface area contributed by atoms with Gasteiger partial charge in [-0.25, -0.2) is 4.98 Å². The molecular weight excluding hydrogens is 318 g/mol. The molecule has 8 heteroatoms. The summed E-state index contributed by atoms with van der Waals surface area (Å²) < 4.78 is 3.81. The maximum absolute atomic E-state index is 9.00. The lowest BCUT2D eigenvalue weighted by molar-refractivity contribution is -0.134. The van der Waals surface area contributed by atoms with Crippen molar-refractivity contribution in [2.45, 2.75) is 13.5 Å². The molecule has 0 unspecified atom stereocenters. The van der Waals surface area contributed by atoms with Crippen LogP contribution in [-0.4, -0.2) is 37.0 Å². The van der Waals surface area contributed by atoms with Crippen LogP contribution in [-0.2, 0) is 18.4 Å². The van der Waals surface area contributed by atoms with Gasteiger partial charge in [0.2, 0.25) is 0 Å². The predicted octanol–water partition coefficient (Wildman–Crippen LogP) is 2.14. The van der Waals surface area contributed by atoms with Gasteiger partial charge in [0, 0.05) is 44.8 Å². The number of carboxylic acid groups (broad SMARTS) is 1. The van der Waals surface area contributed by atoms with E-state index in [1.165, 1.54) is 0 Å². The Labute approximate surface area is 138 Å². The van der Waals surface area contributed by atoms with Gasteiger partial charge in [-0.2, -0.15) is 5.10 Å². The smallest absolute Gasteiger partial charge is 0.300 e. The van der Waals surface area contributed by atoms with Crippen molar-refractivity contribution in [3.05, 3.63) is 35.6 Å². The Bertz CT molecular complexity index is 820. The van der Waals surface area contributed by atoms with Crippen LogP contribution in [0.2, 0.25) is 5.02 Å². The van der Waals surface area contributed by atoms with Crippen molar-refractivity contribution in [3.63, 3.8) is 0 Å². The average Bonchev–Trinajstić information content (AvgIpc) is 3.05. The summed E-state index contributed by atoms with van der Waals surface area (Å²) in [5.41, 5.74) is 7.40. The first-order valence-electron chi connectivity index (χ1n) is 6.98. The molecule has 0 saturated carbocycles. The van der Waals surface area contributed by atoms with Crippen molar-refractivity contribution in [2.75, 3.05) is 6.54 Å². The van der Waals surface area contributed by atoms with E-state index in [-0.39, 0.29) is 0 Å².